The van der Waals surface area contributed by atoms with Crippen molar-refractivity contribution in [1.82, 2.24) is 5.32 Å². The molecule has 0 amide bonds. The van der Waals surface area contributed by atoms with Crippen LogP contribution in [0.5, 0.6) is 0 Å². The van der Waals surface area contributed by atoms with Gasteiger partial charge in [-0.15, -0.1) is 0 Å². The molecule has 2 heteroatoms. The Kier molecular flexibility index (Phi) is 4.74. The molecular weight excluding hydrogens is 244 g/mol. The molecular formula is C18H30N2. The first-order valence-electron chi connectivity index (χ1n) is 7.94. The van der Waals surface area contributed by atoms with E-state index in [2.05, 4.69) is 63.2 Å². The molecule has 0 saturated heterocycles. The molecule has 1 aliphatic heterocycles. The largest absolute Gasteiger partial charge is 0.374 e. The normalized spacial score (nSPS) is 15.6. The fourth-order valence-corrected chi connectivity index (χ4v) is 2.68. The minimum absolute atomic E-state index is 0.356. The van der Waals surface area contributed by atoms with E-state index in [1.54, 1.807) is 0 Å². The maximum Gasteiger partial charge on any atom is 0.0396 e. The third-order valence-electron chi connectivity index (χ3n) is 4.97. The number of nitrogens with one attached hydrogen (secondary N) is 1. The van der Waals surface area contributed by atoms with Gasteiger partial charge in [-0.05, 0) is 41.4 Å². The van der Waals surface area contributed by atoms with Gasteiger partial charge in [0.05, 0.1) is 0 Å². The molecule has 0 aromatic heterocycles. The van der Waals surface area contributed by atoms with Crippen LogP contribution in [-0.4, -0.2) is 20.1 Å². The molecule has 1 N–H and O–H groups in total. The van der Waals surface area contributed by atoms with E-state index in [0.717, 1.165) is 13.1 Å². The second-order valence-electron chi connectivity index (χ2n) is 7.24. The Labute approximate surface area is 124 Å². The third-order valence-corrected chi connectivity index (χ3v) is 4.97. The summed E-state index contributed by atoms with van der Waals surface area (Å²) in [6.07, 6.45) is 2.51. The first-order valence-corrected chi connectivity index (χ1v) is 7.94. The highest BCUT2D eigenvalue weighted by Gasteiger charge is 2.21. The minimum atomic E-state index is 0.356. The highest BCUT2D eigenvalue weighted by atomic mass is 15.1. The van der Waals surface area contributed by atoms with Crippen LogP contribution in [0.15, 0.2) is 18.2 Å². The molecule has 1 aromatic carbocycles. The van der Waals surface area contributed by atoms with Gasteiger partial charge in [-0.1, -0.05) is 39.8 Å². The number of benzene rings is 1. The summed E-state index contributed by atoms with van der Waals surface area (Å²) in [4.78, 5) is 2.37. The van der Waals surface area contributed by atoms with Gasteiger partial charge in [-0.25, -0.2) is 0 Å². The zero-order chi connectivity index (χ0) is 14.8. The van der Waals surface area contributed by atoms with Gasteiger partial charge in [0.2, 0.25) is 0 Å². The maximum absolute atomic E-state index is 3.63. The van der Waals surface area contributed by atoms with Crippen molar-refractivity contribution < 1.29 is 0 Å². The predicted molar refractivity (Wildman–Crippen MR) is 88.4 cm³/mol. The molecule has 0 unspecified atom stereocenters. The average molecular weight is 274 g/mol. The number of fused-ring (bicyclic) bond motifs is 1. The number of aryl methyl sites for hydroxylation is 1. The van der Waals surface area contributed by atoms with Crippen molar-refractivity contribution in [3.63, 3.8) is 0 Å². The summed E-state index contributed by atoms with van der Waals surface area (Å²) in [5.74, 6) is 0.701. The van der Waals surface area contributed by atoms with E-state index in [1.807, 2.05) is 0 Å². The van der Waals surface area contributed by atoms with Crippen molar-refractivity contribution in [1.29, 1.82) is 0 Å². The Balaban J connectivity index is 1.94. The van der Waals surface area contributed by atoms with E-state index in [0.29, 0.717) is 11.3 Å². The second kappa shape index (κ2) is 6.17. The minimum Gasteiger partial charge on any atom is -0.374 e. The molecule has 112 valence electrons. The molecule has 2 rings (SSSR count). The molecule has 0 aliphatic carbocycles. The summed E-state index contributed by atoms with van der Waals surface area (Å²) >= 11 is 0. The zero-order valence-electron chi connectivity index (χ0n) is 13.8. The van der Waals surface area contributed by atoms with Crippen molar-refractivity contribution >= 4 is 5.69 Å². The summed E-state index contributed by atoms with van der Waals surface area (Å²) in [7, 11) is 2.20. The lowest BCUT2D eigenvalue weighted by Gasteiger charge is -2.30. The first-order chi connectivity index (χ1) is 9.40. The van der Waals surface area contributed by atoms with Crippen LogP contribution in [0.1, 0.15) is 45.2 Å². The van der Waals surface area contributed by atoms with Gasteiger partial charge in [0.25, 0.3) is 0 Å². The van der Waals surface area contributed by atoms with E-state index < -0.39 is 0 Å². The Morgan fingerprint density at radius 2 is 2.05 bits per heavy atom. The van der Waals surface area contributed by atoms with Crippen LogP contribution in [0.3, 0.4) is 0 Å². The average Bonchev–Trinajstić information content (AvgIpc) is 2.38. The van der Waals surface area contributed by atoms with Crippen LogP contribution in [0.4, 0.5) is 5.69 Å². The molecule has 0 atom stereocenters. The molecule has 0 radical (unpaired) electrons. The first kappa shape index (κ1) is 15.4. The Hall–Kier alpha value is -1.02. The monoisotopic (exact) mass is 274 g/mol. The molecule has 0 spiro atoms. The van der Waals surface area contributed by atoms with Gasteiger partial charge in [-0.2, -0.15) is 0 Å². The highest BCUT2D eigenvalue weighted by molar-refractivity contribution is 5.56. The number of rotatable bonds is 5. The third kappa shape index (κ3) is 3.54. The highest BCUT2D eigenvalue weighted by Crippen LogP contribution is 2.27. The SMILES string of the molecule is CC(C)C(C)(C)CNCc1ccc2c(c1)CCCN2C. The van der Waals surface area contributed by atoms with Gasteiger partial charge in [0.1, 0.15) is 0 Å². The molecule has 1 aromatic rings. The second-order valence-corrected chi connectivity index (χ2v) is 7.24. The van der Waals surface area contributed by atoms with Crippen LogP contribution in [-0.2, 0) is 13.0 Å². The molecule has 0 bridgehead atoms. The van der Waals surface area contributed by atoms with Crippen LogP contribution in [0.25, 0.3) is 0 Å². The number of hydrogen-bond donors (Lipinski definition) is 1. The van der Waals surface area contributed by atoms with Crippen LogP contribution in [0, 0.1) is 11.3 Å². The lowest BCUT2D eigenvalue weighted by molar-refractivity contribution is 0.238. The molecule has 20 heavy (non-hydrogen) atoms. The maximum atomic E-state index is 3.63. The Morgan fingerprint density at radius 3 is 2.75 bits per heavy atom. The van der Waals surface area contributed by atoms with Crippen LogP contribution < -0.4 is 10.2 Å². The summed E-state index contributed by atoms with van der Waals surface area (Å²) in [6.45, 7) is 12.5. The number of anilines is 1. The zero-order valence-corrected chi connectivity index (χ0v) is 13.8. The predicted octanol–water partition coefficient (Wildman–Crippen LogP) is 3.84. The number of nitrogens with zero attached hydrogens (tertiary/aromatic N) is 1. The van der Waals surface area contributed by atoms with E-state index >= 15 is 0 Å². The van der Waals surface area contributed by atoms with Gasteiger partial charge in [0, 0.05) is 32.4 Å². The lowest BCUT2D eigenvalue weighted by Crippen LogP contribution is -2.33. The lowest BCUT2D eigenvalue weighted by atomic mass is 9.81. The fraction of sp³-hybridized carbons (Fsp3) is 0.667. The fourth-order valence-electron chi connectivity index (χ4n) is 2.68. The molecule has 1 heterocycles. The summed E-state index contributed by atoms with van der Waals surface area (Å²) < 4.78 is 0. The van der Waals surface area contributed by atoms with E-state index in [9.17, 15) is 0 Å². The smallest absolute Gasteiger partial charge is 0.0396 e. The Bertz CT molecular complexity index is 449. The van der Waals surface area contributed by atoms with Crippen molar-refractivity contribution in [2.45, 2.75) is 47.1 Å². The van der Waals surface area contributed by atoms with Gasteiger partial charge in [0.15, 0.2) is 0 Å². The quantitative estimate of drug-likeness (QED) is 0.877. The van der Waals surface area contributed by atoms with Gasteiger partial charge < -0.3 is 10.2 Å². The van der Waals surface area contributed by atoms with Crippen molar-refractivity contribution in [2.24, 2.45) is 11.3 Å². The van der Waals surface area contributed by atoms with Gasteiger partial charge in [-0.3, -0.25) is 0 Å². The van der Waals surface area contributed by atoms with Crippen molar-refractivity contribution in [3.05, 3.63) is 29.3 Å². The molecule has 1 aliphatic rings. The van der Waals surface area contributed by atoms with E-state index in [1.165, 1.54) is 36.2 Å². The molecule has 0 fully saturated rings. The summed E-state index contributed by atoms with van der Waals surface area (Å²) in [6, 6.07) is 6.95. The standard InChI is InChI=1S/C18H30N2/c1-14(2)18(3,4)13-19-12-15-8-9-17-16(11-15)7-6-10-20(17)5/h8-9,11,14,19H,6-7,10,12-13H2,1-5H3. The topological polar surface area (TPSA) is 15.3 Å². The summed E-state index contributed by atoms with van der Waals surface area (Å²) in [5.41, 5.74) is 4.70. The number of hydrogen-bond acceptors (Lipinski definition) is 2. The molecule has 2 nitrogen and oxygen atoms in total. The van der Waals surface area contributed by atoms with E-state index in [-0.39, 0.29) is 0 Å². The summed E-state index contributed by atoms with van der Waals surface area (Å²) in [5, 5.41) is 3.63. The van der Waals surface area contributed by atoms with Crippen molar-refractivity contribution in [3.8, 4) is 0 Å². The van der Waals surface area contributed by atoms with Crippen LogP contribution >= 0.6 is 0 Å². The van der Waals surface area contributed by atoms with Crippen LogP contribution in [0.2, 0.25) is 0 Å². The molecule has 0 saturated carbocycles. The Morgan fingerprint density at radius 1 is 1.30 bits per heavy atom. The van der Waals surface area contributed by atoms with E-state index in [4.69, 9.17) is 0 Å². The van der Waals surface area contributed by atoms with Gasteiger partial charge >= 0.3 is 0 Å². The van der Waals surface area contributed by atoms with Crippen molar-refractivity contribution in [2.75, 3.05) is 25.0 Å².